The summed E-state index contributed by atoms with van der Waals surface area (Å²) in [5, 5.41) is 3.26. The minimum atomic E-state index is 0.544. The molecule has 0 unspecified atom stereocenters. The van der Waals surface area contributed by atoms with Gasteiger partial charge in [0.1, 0.15) is 23.6 Å². The van der Waals surface area contributed by atoms with Crippen LogP contribution in [-0.2, 0) is 6.54 Å². The summed E-state index contributed by atoms with van der Waals surface area (Å²) in [5.41, 5.74) is 1.97. The number of benzene rings is 1. The third-order valence-electron chi connectivity index (χ3n) is 3.43. The van der Waals surface area contributed by atoms with Crippen molar-refractivity contribution in [2.24, 2.45) is 0 Å². The molecule has 2 aromatic heterocycles. The molecule has 0 fully saturated rings. The number of aryl methyl sites for hydroxylation is 1. The zero-order valence-corrected chi connectivity index (χ0v) is 14.3. The Morgan fingerprint density at radius 2 is 1.76 bits per heavy atom. The second-order valence-electron chi connectivity index (χ2n) is 5.41. The van der Waals surface area contributed by atoms with Crippen LogP contribution in [0.5, 0.6) is 17.4 Å². The van der Waals surface area contributed by atoms with E-state index in [1.807, 2.05) is 56.3 Å². The molecule has 0 aliphatic rings. The lowest BCUT2D eigenvalue weighted by Crippen LogP contribution is -2.02. The smallest absolute Gasteiger partial charge is 0.219 e. The maximum Gasteiger partial charge on any atom is 0.219 e. The lowest BCUT2D eigenvalue weighted by atomic mass is 10.2. The Kier molecular flexibility index (Phi) is 5.41. The average Bonchev–Trinajstić information content (AvgIpc) is 2.62. The van der Waals surface area contributed by atoms with Crippen LogP contribution in [0.1, 0.15) is 18.2 Å². The number of pyridine rings is 1. The SMILES string of the molecule is CCOc1ccc(Oc2cc(CNc3cc(C)ncn3)ccn2)cc1. The zero-order chi connectivity index (χ0) is 17.5. The molecule has 3 rings (SSSR count). The van der Waals surface area contributed by atoms with Crippen LogP contribution in [0.2, 0.25) is 0 Å². The Morgan fingerprint density at radius 3 is 2.52 bits per heavy atom. The second kappa shape index (κ2) is 8.10. The van der Waals surface area contributed by atoms with Crippen LogP contribution in [-0.4, -0.2) is 21.6 Å². The van der Waals surface area contributed by atoms with Gasteiger partial charge >= 0.3 is 0 Å². The largest absolute Gasteiger partial charge is 0.494 e. The van der Waals surface area contributed by atoms with Crippen LogP contribution in [0.3, 0.4) is 0 Å². The van der Waals surface area contributed by atoms with Crippen molar-refractivity contribution in [3.63, 3.8) is 0 Å². The summed E-state index contributed by atoms with van der Waals surface area (Å²) in [7, 11) is 0. The molecule has 3 aromatic rings. The molecular formula is C19H20N4O2. The van der Waals surface area contributed by atoms with E-state index in [0.717, 1.165) is 22.8 Å². The summed E-state index contributed by atoms with van der Waals surface area (Å²) in [6.07, 6.45) is 3.27. The van der Waals surface area contributed by atoms with E-state index in [4.69, 9.17) is 9.47 Å². The van der Waals surface area contributed by atoms with Crippen molar-refractivity contribution in [1.29, 1.82) is 0 Å². The van der Waals surface area contributed by atoms with E-state index < -0.39 is 0 Å². The molecular weight excluding hydrogens is 316 g/mol. The maximum atomic E-state index is 5.80. The molecule has 0 bridgehead atoms. The van der Waals surface area contributed by atoms with Gasteiger partial charge in [-0.3, -0.25) is 0 Å². The summed E-state index contributed by atoms with van der Waals surface area (Å²) in [5.74, 6) is 2.87. The Morgan fingerprint density at radius 1 is 0.960 bits per heavy atom. The van der Waals surface area contributed by atoms with Crippen molar-refractivity contribution >= 4 is 5.82 Å². The number of ether oxygens (including phenoxy) is 2. The van der Waals surface area contributed by atoms with E-state index >= 15 is 0 Å². The first kappa shape index (κ1) is 16.7. The molecule has 0 aliphatic carbocycles. The fourth-order valence-electron chi connectivity index (χ4n) is 2.25. The highest BCUT2D eigenvalue weighted by Gasteiger charge is 2.02. The van der Waals surface area contributed by atoms with Crippen LogP contribution in [0.25, 0.3) is 0 Å². The number of nitrogens with zero attached hydrogens (tertiary/aromatic N) is 3. The number of anilines is 1. The van der Waals surface area contributed by atoms with Gasteiger partial charge in [-0.25, -0.2) is 15.0 Å². The van der Waals surface area contributed by atoms with Gasteiger partial charge in [-0.2, -0.15) is 0 Å². The minimum absolute atomic E-state index is 0.544. The molecule has 0 amide bonds. The summed E-state index contributed by atoms with van der Waals surface area (Å²) >= 11 is 0. The predicted molar refractivity (Wildman–Crippen MR) is 96.0 cm³/mol. The first-order valence-electron chi connectivity index (χ1n) is 8.11. The molecule has 1 aromatic carbocycles. The predicted octanol–water partition coefficient (Wildman–Crippen LogP) is 3.98. The monoisotopic (exact) mass is 336 g/mol. The lowest BCUT2D eigenvalue weighted by Gasteiger charge is -2.09. The van der Waals surface area contributed by atoms with Crippen LogP contribution in [0.4, 0.5) is 5.82 Å². The first-order valence-corrected chi connectivity index (χ1v) is 8.11. The molecule has 6 nitrogen and oxygen atoms in total. The number of hydrogen-bond donors (Lipinski definition) is 1. The molecule has 0 saturated carbocycles. The topological polar surface area (TPSA) is 69.2 Å². The minimum Gasteiger partial charge on any atom is -0.494 e. The van der Waals surface area contributed by atoms with Gasteiger partial charge in [-0.1, -0.05) is 0 Å². The van der Waals surface area contributed by atoms with Crippen LogP contribution in [0, 0.1) is 6.92 Å². The molecule has 128 valence electrons. The highest BCUT2D eigenvalue weighted by atomic mass is 16.5. The van der Waals surface area contributed by atoms with Gasteiger partial charge in [0.15, 0.2) is 0 Å². The molecule has 0 radical (unpaired) electrons. The fourth-order valence-corrected chi connectivity index (χ4v) is 2.25. The van der Waals surface area contributed by atoms with Crippen molar-refractivity contribution in [2.45, 2.75) is 20.4 Å². The van der Waals surface area contributed by atoms with E-state index in [1.165, 1.54) is 0 Å². The van der Waals surface area contributed by atoms with Gasteiger partial charge in [-0.05, 0) is 49.7 Å². The van der Waals surface area contributed by atoms with Gasteiger partial charge in [0.05, 0.1) is 6.61 Å². The van der Waals surface area contributed by atoms with Gasteiger partial charge in [0.2, 0.25) is 5.88 Å². The Balaban J connectivity index is 1.62. The highest BCUT2D eigenvalue weighted by molar-refractivity contribution is 5.37. The zero-order valence-electron chi connectivity index (χ0n) is 14.3. The Labute approximate surface area is 146 Å². The van der Waals surface area contributed by atoms with E-state index in [-0.39, 0.29) is 0 Å². The van der Waals surface area contributed by atoms with Crippen molar-refractivity contribution in [2.75, 3.05) is 11.9 Å². The van der Waals surface area contributed by atoms with Crippen molar-refractivity contribution < 1.29 is 9.47 Å². The summed E-state index contributed by atoms with van der Waals surface area (Å²) in [4.78, 5) is 12.5. The molecule has 1 N–H and O–H groups in total. The van der Waals surface area contributed by atoms with Gasteiger partial charge < -0.3 is 14.8 Å². The quantitative estimate of drug-likeness (QED) is 0.704. The van der Waals surface area contributed by atoms with Crippen molar-refractivity contribution in [1.82, 2.24) is 15.0 Å². The van der Waals surface area contributed by atoms with E-state index in [1.54, 1.807) is 12.5 Å². The molecule has 0 spiro atoms. The van der Waals surface area contributed by atoms with Gasteiger partial charge in [0.25, 0.3) is 0 Å². The normalized spacial score (nSPS) is 10.3. The van der Waals surface area contributed by atoms with E-state index in [0.29, 0.717) is 24.8 Å². The van der Waals surface area contributed by atoms with Crippen molar-refractivity contribution in [3.8, 4) is 17.4 Å². The molecule has 25 heavy (non-hydrogen) atoms. The second-order valence-corrected chi connectivity index (χ2v) is 5.41. The van der Waals surface area contributed by atoms with Crippen LogP contribution >= 0.6 is 0 Å². The lowest BCUT2D eigenvalue weighted by molar-refractivity contribution is 0.339. The number of aromatic nitrogens is 3. The summed E-state index contributed by atoms with van der Waals surface area (Å²) in [6.45, 7) is 5.15. The third-order valence-corrected chi connectivity index (χ3v) is 3.43. The maximum absolute atomic E-state index is 5.80. The van der Waals surface area contributed by atoms with E-state index in [2.05, 4.69) is 20.3 Å². The Hall–Kier alpha value is -3.15. The number of nitrogens with one attached hydrogen (secondary N) is 1. The fraction of sp³-hybridized carbons (Fsp3) is 0.211. The number of hydrogen-bond acceptors (Lipinski definition) is 6. The number of rotatable bonds is 7. The molecule has 2 heterocycles. The van der Waals surface area contributed by atoms with E-state index in [9.17, 15) is 0 Å². The Bertz CT molecular complexity index is 822. The van der Waals surface area contributed by atoms with Gasteiger partial charge in [0, 0.05) is 30.6 Å². The summed E-state index contributed by atoms with van der Waals surface area (Å²) < 4.78 is 11.2. The first-order chi connectivity index (χ1) is 12.2. The molecule has 0 saturated heterocycles. The molecule has 6 heteroatoms. The van der Waals surface area contributed by atoms with Crippen LogP contribution in [0.15, 0.2) is 55.0 Å². The third kappa shape index (κ3) is 4.91. The highest BCUT2D eigenvalue weighted by Crippen LogP contribution is 2.23. The van der Waals surface area contributed by atoms with Gasteiger partial charge in [-0.15, -0.1) is 0 Å². The van der Waals surface area contributed by atoms with Crippen LogP contribution < -0.4 is 14.8 Å². The molecule has 0 atom stereocenters. The standard InChI is InChI=1S/C19H20N4O2/c1-3-24-16-4-6-17(7-5-16)25-19-11-15(8-9-20-19)12-21-18-10-14(2)22-13-23-18/h4-11,13H,3,12H2,1-2H3,(H,21,22,23). The molecule has 0 aliphatic heterocycles. The average molecular weight is 336 g/mol. The summed E-state index contributed by atoms with van der Waals surface area (Å²) in [6, 6.07) is 13.2. The van der Waals surface area contributed by atoms with Crippen molar-refractivity contribution in [3.05, 3.63) is 66.2 Å².